The number of aryl methyl sites for hydroxylation is 2. The summed E-state index contributed by atoms with van der Waals surface area (Å²) in [6.07, 6.45) is 3.16. The number of benzene rings is 3. The van der Waals surface area contributed by atoms with E-state index in [1.165, 1.54) is 0 Å². The Labute approximate surface area is 228 Å². The Hall–Kier alpha value is -3.92. The smallest absolute Gasteiger partial charge is 0.163 e. The first kappa shape index (κ1) is 28.1. The molecule has 39 heavy (non-hydrogen) atoms. The van der Waals surface area contributed by atoms with Crippen molar-refractivity contribution < 1.29 is 33.9 Å². The maximum Gasteiger partial charge on any atom is 0.163 e. The van der Waals surface area contributed by atoms with Gasteiger partial charge in [0.2, 0.25) is 0 Å². The number of aromatic hydroxyl groups is 2. The van der Waals surface area contributed by atoms with Gasteiger partial charge >= 0.3 is 0 Å². The van der Waals surface area contributed by atoms with E-state index < -0.39 is 0 Å². The van der Waals surface area contributed by atoms with Crippen LogP contribution in [0.2, 0.25) is 0 Å². The van der Waals surface area contributed by atoms with Gasteiger partial charge < -0.3 is 33.9 Å². The molecule has 0 unspecified atom stereocenters. The fraction of sp³-hybridized carbons (Fsp3) is 0.333. The van der Waals surface area contributed by atoms with Gasteiger partial charge in [-0.05, 0) is 37.1 Å². The Morgan fingerprint density at radius 3 is 1.38 bits per heavy atom. The van der Waals surface area contributed by atoms with Gasteiger partial charge in [-0.2, -0.15) is 0 Å². The molecule has 206 valence electrons. The molecule has 3 aromatic rings. The zero-order chi connectivity index (χ0) is 27.5. The van der Waals surface area contributed by atoms with Crippen LogP contribution < -0.4 is 9.47 Å². The van der Waals surface area contributed by atoms with Crippen molar-refractivity contribution in [2.24, 2.45) is 9.98 Å². The normalized spacial score (nSPS) is 15.7. The molecule has 2 N–H and O–H groups in total. The molecule has 0 atom stereocenters. The van der Waals surface area contributed by atoms with E-state index in [1.807, 2.05) is 38.1 Å². The number of para-hydroxylation sites is 2. The molecule has 9 nitrogen and oxygen atoms in total. The van der Waals surface area contributed by atoms with E-state index in [9.17, 15) is 10.2 Å². The quantitative estimate of drug-likeness (QED) is 0.451. The van der Waals surface area contributed by atoms with Gasteiger partial charge in [0.15, 0.2) is 11.5 Å². The standard InChI is InChI=1S/C30H34N2O7/c1-21-5-3-7-23(29(21)33)19-31-25-17-27-28(18-26(25)32-20-24-8-4-6-22(2)30(24)34)39-16-14-37-12-10-35-9-11-36-13-15-38-27/h3-8,17-20,33-34H,9-16H2,1-2H3. The van der Waals surface area contributed by atoms with E-state index in [1.54, 1.807) is 36.7 Å². The monoisotopic (exact) mass is 534 g/mol. The lowest BCUT2D eigenvalue weighted by atomic mass is 10.1. The molecule has 0 fully saturated rings. The number of hydrogen-bond acceptors (Lipinski definition) is 9. The highest BCUT2D eigenvalue weighted by molar-refractivity contribution is 5.90. The van der Waals surface area contributed by atoms with Gasteiger partial charge in [-0.25, -0.2) is 0 Å². The van der Waals surface area contributed by atoms with Crippen LogP contribution in [0, 0.1) is 13.8 Å². The number of hydrogen-bond donors (Lipinski definition) is 2. The summed E-state index contributed by atoms with van der Waals surface area (Å²) in [7, 11) is 0. The van der Waals surface area contributed by atoms with Crippen LogP contribution in [0.1, 0.15) is 22.3 Å². The second kappa shape index (κ2) is 14.3. The molecule has 0 radical (unpaired) electrons. The number of phenolic OH excluding ortho intramolecular Hbond substituents is 2. The molecule has 0 aliphatic carbocycles. The van der Waals surface area contributed by atoms with Crippen molar-refractivity contribution in [3.05, 3.63) is 70.8 Å². The third kappa shape index (κ3) is 8.03. The first-order valence-electron chi connectivity index (χ1n) is 12.8. The van der Waals surface area contributed by atoms with Crippen molar-refractivity contribution >= 4 is 23.8 Å². The molecular weight excluding hydrogens is 500 g/mol. The number of rotatable bonds is 4. The number of aliphatic imine (C=N–C) groups is 2. The topological polar surface area (TPSA) is 111 Å². The molecule has 9 heteroatoms. The highest BCUT2D eigenvalue weighted by Crippen LogP contribution is 2.40. The highest BCUT2D eigenvalue weighted by atomic mass is 16.6. The molecular formula is C30H34N2O7. The minimum atomic E-state index is 0.158. The van der Waals surface area contributed by atoms with E-state index in [2.05, 4.69) is 9.98 Å². The van der Waals surface area contributed by atoms with Crippen molar-refractivity contribution in [1.29, 1.82) is 0 Å². The highest BCUT2D eigenvalue weighted by Gasteiger charge is 2.14. The van der Waals surface area contributed by atoms with Crippen LogP contribution in [0.25, 0.3) is 0 Å². The Kier molecular flexibility index (Phi) is 10.3. The fourth-order valence-electron chi connectivity index (χ4n) is 3.78. The van der Waals surface area contributed by atoms with Crippen LogP contribution in [0.5, 0.6) is 23.0 Å². The fourth-order valence-corrected chi connectivity index (χ4v) is 3.78. The van der Waals surface area contributed by atoms with E-state index in [-0.39, 0.29) is 11.5 Å². The molecule has 3 aromatic carbocycles. The summed E-state index contributed by atoms with van der Waals surface area (Å²) in [5.74, 6) is 1.27. The number of fused-ring (bicyclic) bond motifs is 1. The van der Waals surface area contributed by atoms with E-state index in [0.717, 1.165) is 11.1 Å². The molecule has 0 aromatic heterocycles. The van der Waals surface area contributed by atoms with Crippen molar-refractivity contribution in [3.63, 3.8) is 0 Å². The minimum absolute atomic E-state index is 0.158. The summed E-state index contributed by atoms with van der Waals surface area (Å²) < 4.78 is 28.6. The summed E-state index contributed by atoms with van der Waals surface area (Å²) in [5.41, 5.74) is 3.62. The predicted molar refractivity (Wildman–Crippen MR) is 150 cm³/mol. The summed E-state index contributed by atoms with van der Waals surface area (Å²) >= 11 is 0. The van der Waals surface area contributed by atoms with Crippen LogP contribution in [0.15, 0.2) is 58.5 Å². The molecule has 0 saturated carbocycles. The van der Waals surface area contributed by atoms with Crippen molar-refractivity contribution in [1.82, 2.24) is 0 Å². The van der Waals surface area contributed by atoms with Crippen molar-refractivity contribution in [2.45, 2.75) is 13.8 Å². The molecule has 0 spiro atoms. The molecule has 0 bridgehead atoms. The van der Waals surface area contributed by atoms with Gasteiger partial charge in [0, 0.05) is 35.7 Å². The third-order valence-corrected chi connectivity index (χ3v) is 5.98. The van der Waals surface area contributed by atoms with Gasteiger partial charge in [0.05, 0.1) is 51.0 Å². The molecule has 1 aliphatic heterocycles. The van der Waals surface area contributed by atoms with Crippen LogP contribution in [0.4, 0.5) is 11.4 Å². The maximum absolute atomic E-state index is 10.5. The summed E-state index contributed by atoms with van der Waals surface area (Å²) in [6, 6.07) is 14.4. The van der Waals surface area contributed by atoms with Crippen LogP contribution in [-0.4, -0.2) is 75.5 Å². The lowest BCUT2D eigenvalue weighted by Gasteiger charge is -2.15. The maximum atomic E-state index is 10.5. The lowest BCUT2D eigenvalue weighted by Crippen LogP contribution is -2.13. The van der Waals surface area contributed by atoms with Crippen LogP contribution in [-0.2, 0) is 14.2 Å². The van der Waals surface area contributed by atoms with E-state index in [4.69, 9.17) is 23.7 Å². The number of phenols is 2. The molecule has 1 aliphatic rings. The Balaban J connectivity index is 1.71. The zero-order valence-corrected chi connectivity index (χ0v) is 22.3. The summed E-state index contributed by atoms with van der Waals surface area (Å²) in [6.45, 7) is 6.90. The third-order valence-electron chi connectivity index (χ3n) is 5.98. The summed E-state index contributed by atoms with van der Waals surface area (Å²) in [5, 5.41) is 20.9. The molecule has 0 amide bonds. The second-order valence-corrected chi connectivity index (χ2v) is 8.86. The molecule has 0 saturated heterocycles. The van der Waals surface area contributed by atoms with Crippen molar-refractivity contribution in [3.8, 4) is 23.0 Å². The van der Waals surface area contributed by atoms with Crippen LogP contribution in [0.3, 0.4) is 0 Å². The SMILES string of the molecule is Cc1cccc(C=Nc2cc3c(cc2N=Cc2cccc(C)c2O)OCCOCCOCCOCCO3)c1O. The average molecular weight is 535 g/mol. The molecule has 1 heterocycles. The average Bonchev–Trinajstić information content (AvgIpc) is 2.94. The van der Waals surface area contributed by atoms with E-state index in [0.29, 0.717) is 86.9 Å². The number of ether oxygens (including phenoxy) is 5. The van der Waals surface area contributed by atoms with E-state index >= 15 is 0 Å². The lowest BCUT2D eigenvalue weighted by molar-refractivity contribution is 0.00708. The first-order valence-corrected chi connectivity index (χ1v) is 12.8. The first-order chi connectivity index (χ1) is 19.0. The van der Waals surface area contributed by atoms with Gasteiger partial charge in [-0.1, -0.05) is 24.3 Å². The Bertz CT molecular complexity index is 1210. The second-order valence-electron chi connectivity index (χ2n) is 8.86. The minimum Gasteiger partial charge on any atom is -0.507 e. The molecule has 4 rings (SSSR count). The largest absolute Gasteiger partial charge is 0.507 e. The van der Waals surface area contributed by atoms with Gasteiger partial charge in [0.25, 0.3) is 0 Å². The zero-order valence-electron chi connectivity index (χ0n) is 22.3. The van der Waals surface area contributed by atoms with Crippen LogP contribution >= 0.6 is 0 Å². The van der Waals surface area contributed by atoms with Gasteiger partial charge in [-0.15, -0.1) is 0 Å². The Morgan fingerprint density at radius 1 is 0.590 bits per heavy atom. The van der Waals surface area contributed by atoms with Gasteiger partial charge in [0.1, 0.15) is 24.7 Å². The predicted octanol–water partition coefficient (Wildman–Crippen LogP) is 5.04. The van der Waals surface area contributed by atoms with Crippen molar-refractivity contribution in [2.75, 3.05) is 52.9 Å². The van der Waals surface area contributed by atoms with Gasteiger partial charge in [-0.3, -0.25) is 9.98 Å². The Morgan fingerprint density at radius 2 is 0.974 bits per heavy atom. The summed E-state index contributed by atoms with van der Waals surface area (Å²) in [4.78, 5) is 9.28. The number of nitrogens with zero attached hydrogens (tertiary/aromatic N) is 2.